The molecule has 29 heavy (non-hydrogen) atoms. The molecule has 0 saturated carbocycles. The van der Waals surface area contributed by atoms with Crippen molar-refractivity contribution in [1.29, 1.82) is 0 Å². The highest BCUT2D eigenvalue weighted by molar-refractivity contribution is 5.80. The molecule has 4 rings (SSSR count). The van der Waals surface area contributed by atoms with E-state index in [1.807, 2.05) is 30.5 Å². The van der Waals surface area contributed by atoms with Gasteiger partial charge < -0.3 is 19.9 Å². The van der Waals surface area contributed by atoms with Crippen molar-refractivity contribution in [3.05, 3.63) is 65.9 Å². The van der Waals surface area contributed by atoms with Crippen LogP contribution in [-0.4, -0.2) is 35.6 Å². The first kappa shape index (κ1) is 19.2. The first-order valence-corrected chi connectivity index (χ1v) is 9.27. The van der Waals surface area contributed by atoms with Crippen molar-refractivity contribution in [2.75, 3.05) is 19.7 Å². The second-order valence-electron chi connectivity index (χ2n) is 7.16. The Kier molecular flexibility index (Phi) is 5.08. The summed E-state index contributed by atoms with van der Waals surface area (Å²) in [6, 6.07) is 12.5. The van der Waals surface area contributed by atoms with E-state index in [1.165, 1.54) is 12.1 Å². The number of urea groups is 1. The number of likely N-dealkylation sites (tertiary alicyclic amines) is 1. The first-order chi connectivity index (χ1) is 13.9. The van der Waals surface area contributed by atoms with Gasteiger partial charge in [0, 0.05) is 37.3 Å². The molecular weight excluding hydrogens is 383 g/mol. The van der Waals surface area contributed by atoms with Gasteiger partial charge in [0.25, 0.3) is 0 Å². The van der Waals surface area contributed by atoms with Gasteiger partial charge in [-0.2, -0.15) is 13.2 Å². The number of aromatic nitrogens is 1. The Balaban J connectivity index is 1.19. The number of benzene rings is 2. The summed E-state index contributed by atoms with van der Waals surface area (Å²) in [6.07, 6.45) is -2.48. The smallest absolute Gasteiger partial charge is 0.416 e. The van der Waals surface area contributed by atoms with Crippen molar-refractivity contribution >= 4 is 16.9 Å². The number of halogens is 3. The highest BCUT2D eigenvalue weighted by Gasteiger charge is 2.32. The van der Waals surface area contributed by atoms with Gasteiger partial charge in [-0.1, -0.05) is 6.07 Å². The van der Waals surface area contributed by atoms with Crippen LogP contribution in [0, 0.1) is 5.92 Å². The predicted octanol–water partition coefficient (Wildman–Crippen LogP) is 4.41. The summed E-state index contributed by atoms with van der Waals surface area (Å²) < 4.78 is 43.2. The van der Waals surface area contributed by atoms with Gasteiger partial charge in [0.1, 0.15) is 5.75 Å². The topological polar surface area (TPSA) is 57.4 Å². The van der Waals surface area contributed by atoms with Gasteiger partial charge in [-0.3, -0.25) is 0 Å². The molecule has 152 valence electrons. The SMILES string of the molecule is O=C(NCc1ccc2[nH]ccc2c1)N1CC(COc2ccc(C(F)(F)F)cc2)C1. The van der Waals surface area contributed by atoms with Crippen LogP contribution in [0.15, 0.2) is 54.7 Å². The van der Waals surface area contributed by atoms with E-state index in [0.717, 1.165) is 28.6 Å². The molecule has 8 heteroatoms. The second-order valence-corrected chi connectivity index (χ2v) is 7.16. The molecule has 0 aliphatic carbocycles. The minimum atomic E-state index is -4.35. The molecule has 1 saturated heterocycles. The Morgan fingerprint density at radius 3 is 2.62 bits per heavy atom. The first-order valence-electron chi connectivity index (χ1n) is 9.27. The molecule has 1 fully saturated rings. The summed E-state index contributed by atoms with van der Waals surface area (Å²) in [5, 5.41) is 4.00. The maximum absolute atomic E-state index is 12.6. The van der Waals surface area contributed by atoms with Crippen LogP contribution < -0.4 is 10.1 Å². The zero-order valence-corrected chi connectivity index (χ0v) is 15.5. The summed E-state index contributed by atoms with van der Waals surface area (Å²) in [4.78, 5) is 17.0. The molecule has 1 aromatic heterocycles. The summed E-state index contributed by atoms with van der Waals surface area (Å²) in [5.41, 5.74) is 1.37. The van der Waals surface area contributed by atoms with E-state index in [-0.39, 0.29) is 11.9 Å². The van der Waals surface area contributed by atoms with Gasteiger partial charge in [0.15, 0.2) is 0 Å². The van der Waals surface area contributed by atoms with Crippen molar-refractivity contribution in [2.45, 2.75) is 12.7 Å². The second kappa shape index (κ2) is 7.69. The molecule has 0 radical (unpaired) electrons. The van der Waals surface area contributed by atoms with E-state index in [9.17, 15) is 18.0 Å². The Labute approximate surface area is 165 Å². The average molecular weight is 403 g/mol. The van der Waals surface area contributed by atoms with Crippen LogP contribution in [0.25, 0.3) is 10.9 Å². The lowest BCUT2D eigenvalue weighted by Crippen LogP contribution is -2.55. The normalized spacial score (nSPS) is 14.7. The summed E-state index contributed by atoms with van der Waals surface area (Å²) in [5.74, 6) is 0.556. The van der Waals surface area contributed by atoms with E-state index in [1.54, 1.807) is 4.90 Å². The predicted molar refractivity (Wildman–Crippen MR) is 103 cm³/mol. The van der Waals surface area contributed by atoms with E-state index < -0.39 is 11.7 Å². The zero-order valence-electron chi connectivity index (χ0n) is 15.5. The number of hydrogen-bond acceptors (Lipinski definition) is 2. The molecule has 1 aliphatic rings. The van der Waals surface area contributed by atoms with Crippen LogP contribution >= 0.6 is 0 Å². The van der Waals surface area contributed by atoms with Crippen LogP contribution in [0.1, 0.15) is 11.1 Å². The fourth-order valence-electron chi connectivity index (χ4n) is 3.30. The van der Waals surface area contributed by atoms with Crippen molar-refractivity contribution < 1.29 is 22.7 Å². The molecular formula is C21H20F3N3O2. The maximum atomic E-state index is 12.6. The quantitative estimate of drug-likeness (QED) is 0.663. The summed E-state index contributed by atoms with van der Waals surface area (Å²) in [7, 11) is 0. The van der Waals surface area contributed by atoms with Crippen LogP contribution in [0.2, 0.25) is 0 Å². The molecule has 2 N–H and O–H groups in total. The largest absolute Gasteiger partial charge is 0.493 e. The number of nitrogens with zero attached hydrogens (tertiary/aromatic N) is 1. The minimum absolute atomic E-state index is 0.134. The molecule has 0 unspecified atom stereocenters. The molecule has 0 spiro atoms. The van der Waals surface area contributed by atoms with Crippen molar-refractivity contribution in [1.82, 2.24) is 15.2 Å². The fraction of sp³-hybridized carbons (Fsp3) is 0.286. The van der Waals surface area contributed by atoms with Crippen molar-refractivity contribution in [3.63, 3.8) is 0 Å². The van der Waals surface area contributed by atoms with Crippen LogP contribution in [0.3, 0.4) is 0 Å². The zero-order chi connectivity index (χ0) is 20.4. The van der Waals surface area contributed by atoms with E-state index in [2.05, 4.69) is 10.3 Å². The van der Waals surface area contributed by atoms with Crippen molar-refractivity contribution in [3.8, 4) is 5.75 Å². The average Bonchev–Trinajstić information content (AvgIpc) is 3.12. The van der Waals surface area contributed by atoms with Crippen molar-refractivity contribution in [2.24, 2.45) is 5.92 Å². The lowest BCUT2D eigenvalue weighted by molar-refractivity contribution is -0.137. The number of carbonyl (C=O) groups excluding carboxylic acids is 1. The van der Waals surface area contributed by atoms with Gasteiger partial charge >= 0.3 is 12.2 Å². The molecule has 2 amide bonds. The summed E-state index contributed by atoms with van der Waals surface area (Å²) in [6.45, 7) is 1.93. The number of carbonyl (C=O) groups is 1. The molecule has 1 aliphatic heterocycles. The third kappa shape index (κ3) is 4.47. The van der Waals surface area contributed by atoms with Gasteiger partial charge in [-0.15, -0.1) is 0 Å². The fourth-order valence-corrected chi connectivity index (χ4v) is 3.30. The Morgan fingerprint density at radius 1 is 1.14 bits per heavy atom. The molecule has 5 nitrogen and oxygen atoms in total. The van der Waals surface area contributed by atoms with Crippen LogP contribution in [0.4, 0.5) is 18.0 Å². The van der Waals surface area contributed by atoms with E-state index in [0.29, 0.717) is 32.0 Å². The van der Waals surface area contributed by atoms with E-state index in [4.69, 9.17) is 4.74 Å². The highest BCUT2D eigenvalue weighted by atomic mass is 19.4. The number of amides is 2. The van der Waals surface area contributed by atoms with Gasteiger partial charge in [0.05, 0.1) is 12.2 Å². The van der Waals surface area contributed by atoms with Gasteiger partial charge in [0.2, 0.25) is 0 Å². The molecule has 0 atom stereocenters. The number of hydrogen-bond donors (Lipinski definition) is 2. The number of fused-ring (bicyclic) bond motifs is 1. The summed E-state index contributed by atoms with van der Waals surface area (Å²) >= 11 is 0. The molecule has 3 aromatic rings. The standard InChI is InChI=1S/C21H20F3N3O2/c22-21(23,24)17-2-4-18(5-3-17)29-13-15-11-27(12-15)20(28)26-10-14-1-6-19-16(9-14)7-8-25-19/h1-9,15,25H,10-13H2,(H,26,28). The highest BCUT2D eigenvalue weighted by Crippen LogP contribution is 2.30. The molecule has 2 heterocycles. The third-order valence-electron chi connectivity index (χ3n) is 4.97. The van der Waals surface area contributed by atoms with Crippen LogP contribution in [0.5, 0.6) is 5.75 Å². The lowest BCUT2D eigenvalue weighted by Gasteiger charge is -2.38. The Bertz CT molecular complexity index is 992. The number of nitrogens with one attached hydrogen (secondary N) is 2. The number of ether oxygens (including phenoxy) is 1. The van der Waals surface area contributed by atoms with Gasteiger partial charge in [-0.25, -0.2) is 4.79 Å². The van der Waals surface area contributed by atoms with Gasteiger partial charge in [-0.05, 0) is 53.4 Å². The number of aromatic amines is 1. The number of rotatable bonds is 5. The van der Waals surface area contributed by atoms with E-state index >= 15 is 0 Å². The van der Waals surface area contributed by atoms with Crippen LogP contribution in [-0.2, 0) is 12.7 Å². The monoisotopic (exact) mass is 403 g/mol. The minimum Gasteiger partial charge on any atom is -0.493 e. The third-order valence-corrected chi connectivity index (χ3v) is 4.97. The number of alkyl halides is 3. The lowest BCUT2D eigenvalue weighted by atomic mass is 10.0. The maximum Gasteiger partial charge on any atom is 0.416 e. The number of H-pyrrole nitrogens is 1. The Hall–Kier alpha value is -3.16. The Morgan fingerprint density at radius 2 is 1.90 bits per heavy atom. The molecule has 2 aromatic carbocycles. The molecule has 0 bridgehead atoms.